The van der Waals surface area contributed by atoms with Crippen LogP contribution in [-0.4, -0.2) is 27.1 Å². The lowest BCUT2D eigenvalue weighted by molar-refractivity contribution is -0.121. The number of ketones is 1. The van der Waals surface area contributed by atoms with E-state index in [1.54, 1.807) is 7.11 Å². The summed E-state index contributed by atoms with van der Waals surface area (Å²) in [5, 5.41) is 0. The molecule has 1 atom stereocenters. The second kappa shape index (κ2) is 9.90. The Morgan fingerprint density at radius 1 is 1.00 bits per heavy atom. The van der Waals surface area contributed by atoms with Crippen molar-refractivity contribution in [2.24, 2.45) is 0 Å². The fraction of sp³-hybridized carbons (Fsp3) is 0.522. The average Bonchev–Trinajstić information content (AvgIpc) is 2.58. The standard InChI is InChI=1S/C23H34O2Si/c1-17(2)26(18(3)4,19(5)6)15-14-22(25-8)23(24)20(7)16-21-12-10-9-11-13-21/h9-13,16-19,22H,1-8H3/b20-16+. The van der Waals surface area contributed by atoms with E-state index in [1.165, 1.54) is 0 Å². The van der Waals surface area contributed by atoms with Crippen molar-refractivity contribution in [2.75, 3.05) is 7.11 Å². The fourth-order valence-electron chi connectivity index (χ4n) is 3.93. The Kier molecular flexibility index (Phi) is 8.53. The summed E-state index contributed by atoms with van der Waals surface area (Å²) < 4.78 is 5.46. The van der Waals surface area contributed by atoms with Gasteiger partial charge >= 0.3 is 0 Å². The Hall–Kier alpha value is -1.63. The van der Waals surface area contributed by atoms with Crippen LogP contribution in [0.1, 0.15) is 54.0 Å². The molecule has 1 rings (SSSR count). The smallest absolute Gasteiger partial charge is 0.199 e. The molecule has 0 N–H and O–H groups in total. The monoisotopic (exact) mass is 370 g/mol. The summed E-state index contributed by atoms with van der Waals surface area (Å²) in [5.74, 6) is 3.17. The summed E-state index contributed by atoms with van der Waals surface area (Å²) in [5.41, 5.74) is 6.87. The van der Waals surface area contributed by atoms with E-state index in [-0.39, 0.29) is 5.78 Å². The van der Waals surface area contributed by atoms with Crippen LogP contribution in [0.5, 0.6) is 0 Å². The van der Waals surface area contributed by atoms with Crippen LogP contribution < -0.4 is 0 Å². The molecule has 1 aromatic rings. The summed E-state index contributed by atoms with van der Waals surface area (Å²) >= 11 is 0. The molecule has 0 aliphatic heterocycles. The molecule has 2 nitrogen and oxygen atoms in total. The molecule has 0 aromatic heterocycles. The first kappa shape index (κ1) is 22.4. The largest absolute Gasteiger partial charge is 0.361 e. The number of rotatable bonds is 7. The van der Waals surface area contributed by atoms with Crippen LogP contribution in [0, 0.1) is 11.5 Å². The van der Waals surface area contributed by atoms with E-state index in [4.69, 9.17) is 4.74 Å². The normalized spacial score (nSPS) is 13.7. The van der Waals surface area contributed by atoms with Gasteiger partial charge < -0.3 is 4.74 Å². The second-order valence-electron chi connectivity index (χ2n) is 7.88. The second-order valence-corrected chi connectivity index (χ2v) is 13.5. The first-order valence-electron chi connectivity index (χ1n) is 9.49. The first-order chi connectivity index (χ1) is 12.2. The van der Waals surface area contributed by atoms with Crippen molar-refractivity contribution >= 4 is 19.9 Å². The Bertz CT molecular complexity index is 653. The van der Waals surface area contributed by atoms with Gasteiger partial charge in [0.05, 0.1) is 0 Å². The lowest BCUT2D eigenvalue weighted by Crippen LogP contribution is -2.43. The summed E-state index contributed by atoms with van der Waals surface area (Å²) in [4.78, 5) is 12.8. The van der Waals surface area contributed by atoms with Gasteiger partial charge in [-0.1, -0.05) is 77.8 Å². The number of carbonyl (C=O) groups is 1. The Morgan fingerprint density at radius 2 is 1.50 bits per heavy atom. The quantitative estimate of drug-likeness (QED) is 0.339. The minimum atomic E-state index is -1.87. The van der Waals surface area contributed by atoms with E-state index >= 15 is 0 Å². The highest BCUT2D eigenvalue weighted by atomic mass is 28.3. The summed E-state index contributed by atoms with van der Waals surface area (Å²) in [6, 6.07) is 9.86. The number of hydrogen-bond acceptors (Lipinski definition) is 2. The third-order valence-electron chi connectivity index (χ3n) is 5.33. The zero-order valence-corrected chi connectivity index (χ0v) is 18.6. The third-order valence-corrected chi connectivity index (χ3v) is 11.6. The molecule has 0 spiro atoms. The molecule has 0 aliphatic carbocycles. The number of Topliss-reactive ketones (excluding diaryl/α,β-unsaturated/α-hetero) is 1. The molecule has 0 amide bonds. The van der Waals surface area contributed by atoms with Crippen LogP contribution in [0.25, 0.3) is 6.08 Å². The molecule has 0 saturated heterocycles. The number of benzene rings is 1. The maximum Gasteiger partial charge on any atom is 0.199 e. The maximum absolute atomic E-state index is 12.8. The third kappa shape index (κ3) is 5.19. The topological polar surface area (TPSA) is 26.3 Å². The van der Waals surface area contributed by atoms with E-state index in [0.717, 1.165) is 5.56 Å². The lowest BCUT2D eigenvalue weighted by Gasteiger charge is -2.38. The molecule has 26 heavy (non-hydrogen) atoms. The van der Waals surface area contributed by atoms with Crippen LogP contribution in [0.3, 0.4) is 0 Å². The van der Waals surface area contributed by atoms with Gasteiger partial charge in [0.2, 0.25) is 0 Å². The van der Waals surface area contributed by atoms with Crippen LogP contribution >= 0.6 is 0 Å². The fourth-order valence-corrected chi connectivity index (χ4v) is 9.18. The van der Waals surface area contributed by atoms with Gasteiger partial charge in [-0.05, 0) is 40.8 Å². The highest BCUT2D eigenvalue weighted by Crippen LogP contribution is 2.40. The molecule has 142 valence electrons. The van der Waals surface area contributed by atoms with E-state index in [2.05, 4.69) is 53.0 Å². The molecule has 1 unspecified atom stereocenters. The van der Waals surface area contributed by atoms with Crippen molar-refractivity contribution in [1.29, 1.82) is 0 Å². The molecule has 0 aliphatic rings. The molecule has 3 heteroatoms. The molecular formula is C23H34O2Si. The summed E-state index contributed by atoms with van der Waals surface area (Å²) in [7, 11) is -0.308. The van der Waals surface area contributed by atoms with E-state index in [9.17, 15) is 4.79 Å². The highest BCUT2D eigenvalue weighted by molar-refractivity contribution is 6.90. The zero-order chi connectivity index (χ0) is 19.9. The van der Waals surface area contributed by atoms with Crippen LogP contribution in [0.4, 0.5) is 0 Å². The Morgan fingerprint density at radius 3 is 1.92 bits per heavy atom. The van der Waals surface area contributed by atoms with Gasteiger partial charge in [0.15, 0.2) is 11.9 Å². The van der Waals surface area contributed by atoms with Gasteiger partial charge in [-0.3, -0.25) is 4.79 Å². The van der Waals surface area contributed by atoms with E-state index in [1.807, 2.05) is 43.3 Å². The summed E-state index contributed by atoms with van der Waals surface area (Å²) in [6.07, 6.45) is 1.20. The number of hydrogen-bond donors (Lipinski definition) is 0. The van der Waals surface area contributed by atoms with Crippen LogP contribution in [0.15, 0.2) is 35.9 Å². The molecule has 0 fully saturated rings. The van der Waals surface area contributed by atoms with Crippen LogP contribution in [-0.2, 0) is 9.53 Å². The SMILES string of the molecule is COC(C#C[Si](C(C)C)(C(C)C)C(C)C)C(=O)/C(C)=C/c1ccccc1. The average molecular weight is 371 g/mol. The highest BCUT2D eigenvalue weighted by Gasteiger charge is 2.41. The molecule has 0 heterocycles. The molecule has 1 aromatic carbocycles. The van der Waals surface area contributed by atoms with Gasteiger partial charge in [-0.15, -0.1) is 5.54 Å². The minimum Gasteiger partial charge on any atom is -0.361 e. The first-order valence-corrected chi connectivity index (χ1v) is 11.7. The van der Waals surface area contributed by atoms with Crippen molar-refractivity contribution in [3.63, 3.8) is 0 Å². The van der Waals surface area contributed by atoms with Crippen molar-refractivity contribution in [3.8, 4) is 11.5 Å². The summed E-state index contributed by atoms with van der Waals surface area (Å²) in [6.45, 7) is 15.4. The minimum absolute atomic E-state index is 0.0528. The molecular weight excluding hydrogens is 336 g/mol. The number of carbonyl (C=O) groups excluding carboxylic acids is 1. The molecule has 0 saturated carbocycles. The van der Waals surface area contributed by atoms with Gasteiger partial charge in [0, 0.05) is 7.11 Å². The lowest BCUT2D eigenvalue weighted by atomic mass is 10.1. The molecule has 0 radical (unpaired) electrons. The van der Waals surface area contributed by atoms with Crippen molar-refractivity contribution in [2.45, 2.75) is 71.2 Å². The molecule has 0 bridgehead atoms. The zero-order valence-electron chi connectivity index (χ0n) is 17.6. The van der Waals surface area contributed by atoms with Crippen molar-refractivity contribution in [1.82, 2.24) is 0 Å². The van der Waals surface area contributed by atoms with E-state index < -0.39 is 14.2 Å². The van der Waals surface area contributed by atoms with Gasteiger partial charge in [-0.2, -0.15) is 0 Å². The predicted molar refractivity (Wildman–Crippen MR) is 115 cm³/mol. The van der Waals surface area contributed by atoms with Crippen LogP contribution in [0.2, 0.25) is 16.6 Å². The van der Waals surface area contributed by atoms with E-state index in [0.29, 0.717) is 22.2 Å². The maximum atomic E-state index is 12.8. The Labute approximate surface area is 161 Å². The van der Waals surface area contributed by atoms with Gasteiger partial charge in [0.25, 0.3) is 0 Å². The van der Waals surface area contributed by atoms with Crippen molar-refractivity contribution < 1.29 is 9.53 Å². The predicted octanol–water partition coefficient (Wildman–Crippen LogP) is 5.90. The number of methoxy groups -OCH3 is 1. The van der Waals surface area contributed by atoms with Gasteiger partial charge in [-0.25, -0.2) is 0 Å². The Balaban J connectivity index is 3.18. The number of ether oxygens (including phenoxy) is 1. The van der Waals surface area contributed by atoms with Gasteiger partial charge in [0.1, 0.15) is 8.07 Å². The van der Waals surface area contributed by atoms with Crippen molar-refractivity contribution in [3.05, 3.63) is 41.5 Å².